The number of hydrogen-bond donors (Lipinski definition) is 0. The van der Waals surface area contributed by atoms with Gasteiger partial charge in [0, 0.05) is 0 Å². The maximum absolute atomic E-state index is 5.00. The third-order valence-electron chi connectivity index (χ3n) is 1.98. The van der Waals surface area contributed by atoms with Crippen molar-refractivity contribution in [3.63, 3.8) is 0 Å². The van der Waals surface area contributed by atoms with Gasteiger partial charge in [-0.25, -0.2) is 0 Å². The summed E-state index contributed by atoms with van der Waals surface area (Å²) in [4.78, 5) is 0. The van der Waals surface area contributed by atoms with Gasteiger partial charge >= 0.3 is 107 Å². The van der Waals surface area contributed by atoms with Crippen LogP contribution in [0.5, 0.6) is 0 Å². The third kappa shape index (κ3) is 6.06. The Morgan fingerprint density at radius 2 is 1.54 bits per heavy atom. The Kier molecular flexibility index (Phi) is 8.11. The van der Waals surface area contributed by atoms with Crippen molar-refractivity contribution in [3.8, 4) is 0 Å². The first-order chi connectivity index (χ1) is 5.86. The van der Waals surface area contributed by atoms with Crippen molar-refractivity contribution in [3.05, 3.63) is 15.9 Å². The molecule has 0 aliphatic carbocycles. The Bertz CT molecular complexity index is 233. The molecule has 0 aromatic rings. The topological polar surface area (TPSA) is 0 Å². The Labute approximate surface area is 106 Å². The van der Waals surface area contributed by atoms with Crippen LogP contribution in [0, 0.1) is 4.71 Å². The second-order valence-electron chi connectivity index (χ2n) is 2.75. The zero-order valence-corrected chi connectivity index (χ0v) is 14.7. The molecule has 0 spiro atoms. The van der Waals surface area contributed by atoms with Gasteiger partial charge in [0.25, 0.3) is 0 Å². The summed E-state index contributed by atoms with van der Waals surface area (Å²) in [5.74, 6) is 0. The molecule has 1 aliphatic heterocycles. The minimum absolute atomic E-state index is 0.430. The van der Waals surface area contributed by atoms with Crippen molar-refractivity contribution < 1.29 is 18.2 Å². The van der Waals surface area contributed by atoms with E-state index >= 15 is 0 Å². The third-order valence-corrected chi connectivity index (χ3v) is 4.80. The van der Waals surface area contributed by atoms with E-state index in [9.17, 15) is 0 Å². The summed E-state index contributed by atoms with van der Waals surface area (Å²) < 4.78 is 3.28. The zero-order valence-electron chi connectivity index (χ0n) is 8.08. The van der Waals surface area contributed by atoms with Gasteiger partial charge in [-0.1, -0.05) is 0 Å². The maximum atomic E-state index is 5.00. The molecule has 75 valence electrons. The van der Waals surface area contributed by atoms with Gasteiger partial charge in [-0.15, -0.1) is 0 Å². The van der Waals surface area contributed by atoms with E-state index in [1.54, 1.807) is 20.2 Å². The van der Waals surface area contributed by atoms with E-state index in [1.807, 2.05) is 0 Å². The summed E-state index contributed by atoms with van der Waals surface area (Å²) in [6.07, 6.45) is 0. The van der Waals surface area contributed by atoms with E-state index in [1.165, 1.54) is 0 Å². The Balaban J connectivity index is 0.000000310. The van der Waals surface area contributed by atoms with Gasteiger partial charge in [0.15, 0.2) is 0 Å². The summed E-state index contributed by atoms with van der Waals surface area (Å²) in [6, 6.07) is 0. The van der Waals surface area contributed by atoms with Crippen molar-refractivity contribution in [2.24, 2.45) is 0 Å². The Morgan fingerprint density at radius 1 is 1.15 bits per heavy atom. The van der Waals surface area contributed by atoms with E-state index in [0.717, 1.165) is 0 Å². The SMILES string of the molecule is CC1=[As][C-](C)C(C)=C1C.[Cl][Zr]([Cl])[Cl]. The molecule has 5 heteroatoms. The fourth-order valence-electron chi connectivity index (χ4n) is 0.962. The molecule has 0 fully saturated rings. The molecule has 0 radical (unpaired) electrons. The normalized spacial score (nSPS) is 16.5. The molecule has 0 nitrogen and oxygen atoms in total. The summed E-state index contributed by atoms with van der Waals surface area (Å²) >= 11 is -1.70. The van der Waals surface area contributed by atoms with Gasteiger partial charge in [0.1, 0.15) is 0 Å². The van der Waals surface area contributed by atoms with Gasteiger partial charge in [0.05, 0.1) is 0 Å². The van der Waals surface area contributed by atoms with E-state index in [2.05, 4.69) is 27.7 Å². The minimum atomic E-state index is -2.13. The molecule has 0 aromatic carbocycles. The molecule has 0 atom stereocenters. The van der Waals surface area contributed by atoms with Crippen LogP contribution < -0.4 is 0 Å². The molecule has 13 heavy (non-hydrogen) atoms. The van der Waals surface area contributed by atoms with Crippen LogP contribution >= 0.6 is 25.5 Å². The van der Waals surface area contributed by atoms with Crippen LogP contribution in [0.1, 0.15) is 27.7 Å². The number of hydrogen-bond acceptors (Lipinski definition) is 0. The average molecular weight is 381 g/mol. The molecule has 0 saturated heterocycles. The van der Waals surface area contributed by atoms with Gasteiger partial charge < -0.3 is 0 Å². The first kappa shape index (κ1) is 14.8. The van der Waals surface area contributed by atoms with Crippen LogP contribution in [0.4, 0.5) is 0 Å². The quantitative estimate of drug-likeness (QED) is 0.442. The molecule has 0 unspecified atom stereocenters. The van der Waals surface area contributed by atoms with Crippen LogP contribution in [0.2, 0.25) is 0 Å². The molecule has 0 saturated carbocycles. The zero-order chi connectivity index (χ0) is 10.6. The second kappa shape index (κ2) is 7.13. The van der Waals surface area contributed by atoms with E-state index in [0.29, 0.717) is 15.3 Å². The van der Waals surface area contributed by atoms with Crippen LogP contribution in [-0.4, -0.2) is 19.6 Å². The molecular formula is C8H12AsCl3Zr-. The predicted octanol–water partition coefficient (Wildman–Crippen LogP) is 3.85. The van der Waals surface area contributed by atoms with Crippen molar-refractivity contribution in [1.29, 1.82) is 0 Å². The van der Waals surface area contributed by atoms with Crippen LogP contribution in [0.15, 0.2) is 11.1 Å². The number of halogens is 3. The Hall–Kier alpha value is 1.79. The number of rotatable bonds is 0. The van der Waals surface area contributed by atoms with Gasteiger partial charge in [-0.3, -0.25) is 0 Å². The van der Waals surface area contributed by atoms with Gasteiger partial charge in [-0.05, 0) is 0 Å². The molecule has 0 N–H and O–H groups in total. The predicted molar refractivity (Wildman–Crippen MR) is 61.3 cm³/mol. The molecule has 0 bridgehead atoms. The van der Waals surface area contributed by atoms with Gasteiger partial charge in [-0.2, -0.15) is 0 Å². The standard InChI is InChI=1S/C8H12As.3ClH.Zr/c1-5-6(2)8(4)9-7(5)3;;;;/h1-4H3;3*1H;/q-1;;;;+3/p-3. The molecule has 0 amide bonds. The van der Waals surface area contributed by atoms with Crippen LogP contribution in [-0.2, 0) is 18.2 Å². The first-order valence-corrected chi connectivity index (χ1v) is 15.1. The number of allylic oxidation sites excluding steroid dienone is 2. The van der Waals surface area contributed by atoms with E-state index in [4.69, 9.17) is 25.5 Å². The molecule has 0 aromatic heterocycles. The van der Waals surface area contributed by atoms with Crippen LogP contribution in [0.3, 0.4) is 0 Å². The Morgan fingerprint density at radius 3 is 1.62 bits per heavy atom. The second-order valence-corrected chi connectivity index (χ2v) is 17.2. The fraction of sp³-hybridized carbons (Fsp3) is 0.500. The van der Waals surface area contributed by atoms with Crippen molar-refractivity contribution in [1.82, 2.24) is 0 Å². The summed E-state index contributed by atoms with van der Waals surface area (Å²) in [6.45, 7) is 8.98. The van der Waals surface area contributed by atoms with Crippen molar-refractivity contribution in [2.75, 3.05) is 0 Å². The van der Waals surface area contributed by atoms with E-state index in [-0.39, 0.29) is 0 Å². The van der Waals surface area contributed by atoms with Crippen molar-refractivity contribution >= 4 is 45.2 Å². The molecular weight excluding hydrogens is 369 g/mol. The fourth-order valence-corrected chi connectivity index (χ4v) is 3.42. The average Bonchev–Trinajstić information content (AvgIpc) is 2.17. The van der Waals surface area contributed by atoms with Crippen LogP contribution in [0.25, 0.3) is 0 Å². The first-order valence-electron chi connectivity index (χ1n) is 3.76. The van der Waals surface area contributed by atoms with Crippen molar-refractivity contribution in [2.45, 2.75) is 27.7 Å². The summed E-state index contributed by atoms with van der Waals surface area (Å²) in [7, 11) is 15.0. The van der Waals surface area contributed by atoms with E-state index < -0.39 is 18.2 Å². The van der Waals surface area contributed by atoms with Gasteiger partial charge in [0.2, 0.25) is 0 Å². The monoisotopic (exact) mass is 378 g/mol. The summed E-state index contributed by atoms with van der Waals surface area (Å²) in [5.41, 5.74) is 3.10. The molecule has 1 rings (SSSR count). The molecule has 1 heterocycles. The summed E-state index contributed by atoms with van der Waals surface area (Å²) in [5, 5.41) is 0. The molecule has 1 aliphatic rings.